The summed E-state index contributed by atoms with van der Waals surface area (Å²) >= 11 is 5.84. The summed E-state index contributed by atoms with van der Waals surface area (Å²) in [6.45, 7) is 4.05. The first-order chi connectivity index (χ1) is 12.2. The van der Waals surface area contributed by atoms with Gasteiger partial charge in [-0.15, -0.1) is 0 Å². The van der Waals surface area contributed by atoms with E-state index < -0.39 is 0 Å². The van der Waals surface area contributed by atoms with Crippen molar-refractivity contribution in [3.63, 3.8) is 0 Å². The Hall–Kier alpha value is -1.96. The highest BCUT2D eigenvalue weighted by Crippen LogP contribution is 2.21. The van der Waals surface area contributed by atoms with Crippen molar-refractivity contribution >= 4 is 17.5 Å². The average Bonchev–Trinajstić information content (AvgIpc) is 3.06. The highest BCUT2D eigenvalue weighted by Gasteiger charge is 2.28. The van der Waals surface area contributed by atoms with Gasteiger partial charge >= 0.3 is 0 Å². The minimum Gasteiger partial charge on any atom is -0.379 e. The molecule has 2 aromatic heterocycles. The van der Waals surface area contributed by atoms with Crippen molar-refractivity contribution in [2.24, 2.45) is 0 Å². The van der Waals surface area contributed by atoms with E-state index in [9.17, 15) is 4.79 Å². The van der Waals surface area contributed by atoms with Crippen LogP contribution in [0.4, 0.5) is 0 Å². The molecule has 0 radical (unpaired) electrons. The maximum atomic E-state index is 12.8. The number of carbonyl (C=O) groups excluding carboxylic acids is 1. The van der Waals surface area contributed by atoms with Crippen molar-refractivity contribution in [2.45, 2.75) is 19.0 Å². The number of rotatable bonds is 7. The molecule has 134 valence electrons. The molecule has 1 amide bonds. The van der Waals surface area contributed by atoms with E-state index in [4.69, 9.17) is 16.3 Å². The third-order valence-electron chi connectivity index (χ3n) is 4.12. The fourth-order valence-corrected chi connectivity index (χ4v) is 3.07. The van der Waals surface area contributed by atoms with Crippen LogP contribution in [-0.2, 0) is 16.1 Å². The Morgan fingerprint density at radius 1 is 1.36 bits per heavy atom. The molecule has 25 heavy (non-hydrogen) atoms. The lowest BCUT2D eigenvalue weighted by atomic mass is 10.1. The van der Waals surface area contributed by atoms with Gasteiger partial charge in [-0.1, -0.05) is 17.7 Å². The first-order valence-electron chi connectivity index (χ1n) is 8.41. The summed E-state index contributed by atoms with van der Waals surface area (Å²) in [6, 6.07) is 3.47. The molecule has 0 aromatic carbocycles. The number of amides is 1. The standard InChI is InChI=1S/C17H22ClN5O2/c18-15-12-21-23(13-15)6-2-5-20-17(24)16(14-3-1-4-19-11-14)22-7-9-25-10-8-22/h1,3-4,11-13,16H,2,5-10H2,(H,20,24)/t16-/m1/s1. The summed E-state index contributed by atoms with van der Waals surface area (Å²) in [5.41, 5.74) is 0.903. The summed E-state index contributed by atoms with van der Waals surface area (Å²) in [5, 5.41) is 7.78. The Labute approximate surface area is 151 Å². The van der Waals surface area contributed by atoms with Crippen molar-refractivity contribution < 1.29 is 9.53 Å². The molecule has 1 fully saturated rings. The Morgan fingerprint density at radius 3 is 2.88 bits per heavy atom. The van der Waals surface area contributed by atoms with Gasteiger partial charge in [0.1, 0.15) is 6.04 Å². The van der Waals surface area contributed by atoms with Crippen molar-refractivity contribution in [1.29, 1.82) is 0 Å². The molecular formula is C17H22ClN5O2. The number of aryl methyl sites for hydroxylation is 1. The van der Waals surface area contributed by atoms with Gasteiger partial charge in [0.2, 0.25) is 5.91 Å². The fourth-order valence-electron chi connectivity index (χ4n) is 2.91. The van der Waals surface area contributed by atoms with Gasteiger partial charge in [-0.05, 0) is 18.1 Å². The monoisotopic (exact) mass is 363 g/mol. The average molecular weight is 364 g/mol. The third kappa shape index (κ3) is 5.01. The van der Waals surface area contributed by atoms with Crippen LogP contribution >= 0.6 is 11.6 Å². The zero-order chi connectivity index (χ0) is 17.5. The summed E-state index contributed by atoms with van der Waals surface area (Å²) < 4.78 is 7.18. The number of halogens is 1. The van der Waals surface area contributed by atoms with Crippen LogP contribution in [-0.4, -0.2) is 58.4 Å². The van der Waals surface area contributed by atoms with Crippen LogP contribution in [0.2, 0.25) is 5.02 Å². The van der Waals surface area contributed by atoms with Crippen LogP contribution in [0.1, 0.15) is 18.0 Å². The molecule has 0 unspecified atom stereocenters. The molecule has 1 N–H and O–H groups in total. The number of morpholine rings is 1. The molecular weight excluding hydrogens is 342 g/mol. The summed E-state index contributed by atoms with van der Waals surface area (Å²) in [4.78, 5) is 19.1. The van der Waals surface area contributed by atoms with Gasteiger partial charge in [-0.2, -0.15) is 5.10 Å². The second-order valence-electron chi connectivity index (χ2n) is 5.90. The van der Waals surface area contributed by atoms with Gasteiger partial charge in [-0.3, -0.25) is 19.4 Å². The molecule has 0 aliphatic carbocycles. The first kappa shape index (κ1) is 17.8. The molecule has 0 saturated carbocycles. The number of ether oxygens (including phenoxy) is 1. The van der Waals surface area contributed by atoms with E-state index in [1.165, 1.54) is 0 Å². The number of nitrogens with zero attached hydrogens (tertiary/aromatic N) is 4. The topological polar surface area (TPSA) is 72.3 Å². The largest absolute Gasteiger partial charge is 0.379 e. The van der Waals surface area contributed by atoms with Crippen LogP contribution in [0.15, 0.2) is 36.9 Å². The van der Waals surface area contributed by atoms with E-state index in [0.29, 0.717) is 31.3 Å². The SMILES string of the molecule is O=C(NCCCn1cc(Cl)cn1)[C@@H](c1cccnc1)N1CCOCC1. The van der Waals surface area contributed by atoms with E-state index in [1.807, 2.05) is 12.1 Å². The molecule has 1 atom stereocenters. The van der Waals surface area contributed by atoms with Gasteiger partial charge in [-0.25, -0.2) is 0 Å². The highest BCUT2D eigenvalue weighted by molar-refractivity contribution is 6.30. The van der Waals surface area contributed by atoms with Crippen molar-refractivity contribution in [2.75, 3.05) is 32.8 Å². The van der Waals surface area contributed by atoms with Crippen LogP contribution in [0.25, 0.3) is 0 Å². The van der Waals surface area contributed by atoms with Gasteiger partial charge < -0.3 is 10.1 Å². The van der Waals surface area contributed by atoms with Crippen molar-refractivity contribution in [3.8, 4) is 0 Å². The Bertz CT molecular complexity index is 673. The molecule has 1 aliphatic heterocycles. The predicted octanol–water partition coefficient (Wildman–Crippen LogP) is 1.51. The van der Waals surface area contributed by atoms with E-state index in [-0.39, 0.29) is 11.9 Å². The molecule has 3 rings (SSSR count). The quantitative estimate of drug-likeness (QED) is 0.755. The minimum atomic E-state index is -0.336. The molecule has 8 heteroatoms. The Balaban J connectivity index is 1.57. The molecule has 0 spiro atoms. The molecule has 7 nitrogen and oxygen atoms in total. The fraction of sp³-hybridized carbons (Fsp3) is 0.471. The lowest BCUT2D eigenvalue weighted by Gasteiger charge is -2.33. The maximum absolute atomic E-state index is 12.8. The lowest BCUT2D eigenvalue weighted by molar-refractivity contribution is -0.128. The van der Waals surface area contributed by atoms with Crippen molar-refractivity contribution in [1.82, 2.24) is 25.0 Å². The van der Waals surface area contributed by atoms with Crippen LogP contribution < -0.4 is 5.32 Å². The molecule has 1 aliphatic rings. The molecule has 2 aromatic rings. The number of nitrogens with one attached hydrogen (secondary N) is 1. The minimum absolute atomic E-state index is 0.00611. The van der Waals surface area contributed by atoms with Crippen LogP contribution in [0.5, 0.6) is 0 Å². The van der Waals surface area contributed by atoms with Gasteiger partial charge in [0, 0.05) is 44.8 Å². The third-order valence-corrected chi connectivity index (χ3v) is 4.32. The molecule has 0 bridgehead atoms. The smallest absolute Gasteiger partial charge is 0.242 e. The number of hydrogen-bond acceptors (Lipinski definition) is 5. The Morgan fingerprint density at radius 2 is 2.20 bits per heavy atom. The van der Waals surface area contributed by atoms with Crippen LogP contribution in [0, 0.1) is 0 Å². The summed E-state index contributed by atoms with van der Waals surface area (Å²) in [6.07, 6.45) is 7.64. The lowest BCUT2D eigenvalue weighted by Crippen LogP contribution is -2.46. The van der Waals surface area contributed by atoms with E-state index in [1.54, 1.807) is 29.5 Å². The van der Waals surface area contributed by atoms with Gasteiger partial charge in [0.15, 0.2) is 0 Å². The molecule has 3 heterocycles. The summed E-state index contributed by atoms with van der Waals surface area (Å²) in [7, 11) is 0. The predicted molar refractivity (Wildman–Crippen MR) is 94.2 cm³/mol. The Kier molecular flexibility index (Phi) is 6.38. The van der Waals surface area contributed by atoms with Crippen molar-refractivity contribution in [3.05, 3.63) is 47.5 Å². The normalized spacial score (nSPS) is 16.5. The summed E-state index contributed by atoms with van der Waals surface area (Å²) in [5.74, 6) is -0.00611. The number of hydrogen-bond donors (Lipinski definition) is 1. The first-order valence-corrected chi connectivity index (χ1v) is 8.79. The van der Waals surface area contributed by atoms with Gasteiger partial charge in [0.25, 0.3) is 0 Å². The number of carbonyl (C=O) groups is 1. The van der Waals surface area contributed by atoms with E-state index in [2.05, 4.69) is 20.3 Å². The zero-order valence-corrected chi connectivity index (χ0v) is 14.7. The number of pyridine rings is 1. The highest BCUT2D eigenvalue weighted by atomic mass is 35.5. The molecule has 1 saturated heterocycles. The zero-order valence-electron chi connectivity index (χ0n) is 14.0. The van der Waals surface area contributed by atoms with E-state index >= 15 is 0 Å². The van der Waals surface area contributed by atoms with Crippen LogP contribution in [0.3, 0.4) is 0 Å². The second-order valence-corrected chi connectivity index (χ2v) is 6.34. The van der Waals surface area contributed by atoms with Gasteiger partial charge in [0.05, 0.1) is 24.4 Å². The second kappa shape index (κ2) is 8.94. The van der Waals surface area contributed by atoms with E-state index in [0.717, 1.165) is 25.1 Å². The maximum Gasteiger partial charge on any atom is 0.242 e. The number of aromatic nitrogens is 3.